The number of rotatable bonds is 2. The molecule has 8 heteroatoms. The minimum Gasteiger partial charge on any atom is -0.616 e. The lowest BCUT2D eigenvalue weighted by molar-refractivity contribution is 0.296. The van der Waals surface area contributed by atoms with Crippen LogP contribution in [0.2, 0.25) is 0 Å². The van der Waals surface area contributed by atoms with Crippen LogP contribution in [0.25, 0.3) is 11.1 Å². The van der Waals surface area contributed by atoms with Crippen LogP contribution in [0.15, 0.2) is 42.6 Å². The molecule has 0 fully saturated rings. The van der Waals surface area contributed by atoms with E-state index in [0.29, 0.717) is 47.4 Å². The van der Waals surface area contributed by atoms with Crippen LogP contribution in [0.3, 0.4) is 0 Å². The molecule has 156 valence electrons. The van der Waals surface area contributed by atoms with Gasteiger partial charge in [-0.2, -0.15) is 4.98 Å². The molecule has 1 aliphatic rings. The second-order valence-electron chi connectivity index (χ2n) is 7.20. The topological polar surface area (TPSA) is 70.1 Å². The van der Waals surface area contributed by atoms with Gasteiger partial charge < -0.3 is 14.6 Å². The van der Waals surface area contributed by atoms with Gasteiger partial charge in [-0.1, -0.05) is 17.2 Å². The Balaban J connectivity index is 1.78. The first-order valence-corrected chi connectivity index (χ1v) is 11.4. The summed E-state index contributed by atoms with van der Waals surface area (Å²) in [5.74, 6) is 0.827. The summed E-state index contributed by atoms with van der Waals surface area (Å²) >= 11 is -1.02. The van der Waals surface area contributed by atoms with Gasteiger partial charge in [-0.05, 0) is 54.7 Å². The smallest absolute Gasteiger partial charge is 0.215 e. The fraction of sp³-hybridized carbons (Fsp3) is 0.273. The van der Waals surface area contributed by atoms with Gasteiger partial charge in [0, 0.05) is 17.2 Å². The molecular weight excluding hydrogens is 408 g/mol. The van der Waals surface area contributed by atoms with Crippen molar-refractivity contribution in [3.05, 3.63) is 65.4 Å². The van der Waals surface area contributed by atoms with Crippen molar-refractivity contribution < 1.29 is 18.1 Å². The van der Waals surface area contributed by atoms with Gasteiger partial charge in [0.15, 0.2) is 0 Å². The van der Waals surface area contributed by atoms with E-state index in [1.54, 1.807) is 30.5 Å². The molecule has 1 atom stereocenters. The van der Waals surface area contributed by atoms with E-state index >= 15 is 0 Å². The number of fused-ring (bicyclic) bond motifs is 6. The third-order valence-electron chi connectivity index (χ3n) is 4.79. The van der Waals surface area contributed by atoms with E-state index in [2.05, 4.69) is 15.3 Å². The molecule has 2 aromatic heterocycles. The van der Waals surface area contributed by atoms with E-state index in [4.69, 9.17) is 4.74 Å². The molecule has 1 N–H and O–H groups in total. The Kier molecular flexibility index (Phi) is 6.15. The molecule has 3 aromatic rings. The second-order valence-corrected chi connectivity index (χ2v) is 8.63. The van der Waals surface area contributed by atoms with Gasteiger partial charge in [0.05, 0.1) is 19.1 Å². The number of aryl methyl sites for hydroxylation is 1. The molecule has 1 aromatic carbocycles. The monoisotopic (exact) mass is 429 g/mol. The Morgan fingerprint density at radius 3 is 2.80 bits per heavy atom. The maximum absolute atomic E-state index is 14.6. The van der Waals surface area contributed by atoms with Gasteiger partial charge in [0.25, 0.3) is 0 Å². The molecule has 4 bridgehead atoms. The molecule has 0 aliphatic carbocycles. The first kappa shape index (κ1) is 20.6. The number of nitrogens with one attached hydrogen (secondary N) is 1. The highest BCUT2D eigenvalue weighted by Crippen LogP contribution is 2.31. The minimum atomic E-state index is -1.02. The van der Waals surface area contributed by atoms with Crippen molar-refractivity contribution in [2.45, 2.75) is 25.0 Å². The summed E-state index contributed by atoms with van der Waals surface area (Å²) in [6, 6.07) is 9.52. The zero-order chi connectivity index (χ0) is 21.1. The molecular formula is C22H21F2N3O2S. The predicted octanol–water partition coefficient (Wildman–Crippen LogP) is 4.76. The first-order chi connectivity index (χ1) is 14.5. The standard InChI is InChI=1S/C22H21F2N3O2S/c1-30(28)13-14-8-21-26-20-11-18(19(24)12-25-20)17-6-5-16(23)10-15(17)4-2-3-7-29-22(9-14)27-21/h5-6,8-12H,2-4,7,13H2,1H3,(H,25,26,27). The quantitative estimate of drug-likeness (QED) is 0.595. The summed E-state index contributed by atoms with van der Waals surface area (Å²) in [4.78, 5) is 8.56. The maximum atomic E-state index is 14.6. The summed E-state index contributed by atoms with van der Waals surface area (Å²) in [5.41, 5.74) is 2.55. The molecule has 1 aliphatic heterocycles. The molecule has 0 amide bonds. The highest BCUT2D eigenvalue weighted by atomic mass is 32.2. The van der Waals surface area contributed by atoms with Gasteiger partial charge >= 0.3 is 0 Å². The van der Waals surface area contributed by atoms with Crippen molar-refractivity contribution in [1.82, 2.24) is 9.97 Å². The van der Waals surface area contributed by atoms with E-state index in [1.807, 2.05) is 0 Å². The van der Waals surface area contributed by atoms with Crippen molar-refractivity contribution >= 4 is 22.8 Å². The number of halogens is 2. The number of aromatic nitrogens is 2. The molecule has 0 spiro atoms. The lowest BCUT2D eigenvalue weighted by Gasteiger charge is -2.15. The number of benzene rings is 1. The Morgan fingerprint density at radius 2 is 1.97 bits per heavy atom. The number of pyridine rings is 2. The number of hydrogen-bond acceptors (Lipinski definition) is 5. The summed E-state index contributed by atoms with van der Waals surface area (Å²) in [6.07, 6.45) is 4.84. The number of ether oxygens (including phenoxy) is 1. The van der Waals surface area contributed by atoms with Gasteiger partial charge in [-0.3, -0.25) is 0 Å². The van der Waals surface area contributed by atoms with Gasteiger partial charge in [0.1, 0.15) is 29.0 Å². The van der Waals surface area contributed by atoms with Crippen molar-refractivity contribution in [3.8, 4) is 17.0 Å². The summed E-state index contributed by atoms with van der Waals surface area (Å²) < 4.78 is 45.9. The largest absolute Gasteiger partial charge is 0.616 e. The van der Waals surface area contributed by atoms with Crippen molar-refractivity contribution in [2.75, 3.05) is 18.2 Å². The lowest BCUT2D eigenvalue weighted by atomic mass is 9.96. The SMILES string of the molecule is C[S+]([O-])Cc1cc2nc(c1)OCCCCc1cc(F)ccc1-c1cc(ncc1F)N2. The fourth-order valence-electron chi connectivity index (χ4n) is 3.49. The third kappa shape index (κ3) is 4.88. The fourth-order valence-corrected chi connectivity index (χ4v) is 4.12. The van der Waals surface area contributed by atoms with E-state index in [-0.39, 0.29) is 5.82 Å². The average Bonchev–Trinajstić information content (AvgIpc) is 2.68. The molecule has 0 saturated heterocycles. The number of hydrogen-bond donors (Lipinski definition) is 1. The van der Waals surface area contributed by atoms with Crippen LogP contribution in [-0.4, -0.2) is 27.4 Å². The van der Waals surface area contributed by atoms with E-state index < -0.39 is 17.0 Å². The highest BCUT2D eigenvalue weighted by Gasteiger charge is 2.15. The molecule has 5 nitrogen and oxygen atoms in total. The third-order valence-corrected chi connectivity index (χ3v) is 5.53. The summed E-state index contributed by atoms with van der Waals surface area (Å²) in [7, 11) is 0. The average molecular weight is 429 g/mol. The summed E-state index contributed by atoms with van der Waals surface area (Å²) in [6.45, 7) is 0.438. The highest BCUT2D eigenvalue weighted by molar-refractivity contribution is 7.89. The van der Waals surface area contributed by atoms with Crippen LogP contribution in [0, 0.1) is 11.6 Å². The van der Waals surface area contributed by atoms with Crippen molar-refractivity contribution in [2.24, 2.45) is 0 Å². The van der Waals surface area contributed by atoms with Crippen LogP contribution in [-0.2, 0) is 23.3 Å². The Labute approximate surface area is 176 Å². The van der Waals surface area contributed by atoms with Gasteiger partial charge in [-0.25, -0.2) is 13.8 Å². The van der Waals surface area contributed by atoms with Crippen LogP contribution in [0.1, 0.15) is 24.0 Å². The molecule has 0 radical (unpaired) electrons. The normalized spacial score (nSPS) is 14.7. The minimum absolute atomic E-state index is 0.348. The molecule has 4 rings (SSSR count). The lowest BCUT2D eigenvalue weighted by Crippen LogP contribution is -2.07. The second kappa shape index (κ2) is 8.97. The van der Waals surface area contributed by atoms with Crippen molar-refractivity contribution in [3.63, 3.8) is 0 Å². The van der Waals surface area contributed by atoms with Crippen LogP contribution < -0.4 is 10.1 Å². The molecule has 3 heterocycles. The molecule has 1 unspecified atom stereocenters. The predicted molar refractivity (Wildman–Crippen MR) is 113 cm³/mol. The van der Waals surface area contributed by atoms with E-state index in [9.17, 15) is 13.3 Å². The maximum Gasteiger partial charge on any atom is 0.215 e. The Bertz CT molecular complexity index is 1060. The van der Waals surface area contributed by atoms with Gasteiger partial charge in [0.2, 0.25) is 5.88 Å². The zero-order valence-corrected chi connectivity index (χ0v) is 17.3. The van der Waals surface area contributed by atoms with Crippen LogP contribution in [0.5, 0.6) is 5.88 Å². The van der Waals surface area contributed by atoms with Crippen LogP contribution in [0.4, 0.5) is 20.4 Å². The zero-order valence-electron chi connectivity index (χ0n) is 16.5. The van der Waals surface area contributed by atoms with Crippen LogP contribution >= 0.6 is 0 Å². The van der Waals surface area contributed by atoms with E-state index in [0.717, 1.165) is 30.2 Å². The number of anilines is 2. The van der Waals surface area contributed by atoms with Crippen molar-refractivity contribution in [1.29, 1.82) is 0 Å². The Hall–Kier alpha value is -2.71. The molecule has 0 saturated carbocycles. The summed E-state index contributed by atoms with van der Waals surface area (Å²) in [5, 5.41) is 3.08. The first-order valence-electron chi connectivity index (χ1n) is 9.63. The Morgan fingerprint density at radius 1 is 1.10 bits per heavy atom. The molecule has 30 heavy (non-hydrogen) atoms. The number of nitrogens with zero attached hydrogens (tertiary/aromatic N) is 2. The van der Waals surface area contributed by atoms with Gasteiger partial charge in [-0.15, -0.1) is 0 Å². The van der Waals surface area contributed by atoms with E-state index in [1.165, 1.54) is 12.1 Å².